The largest absolute Gasteiger partial charge is 0.493 e. The molecule has 0 bridgehead atoms. The summed E-state index contributed by atoms with van der Waals surface area (Å²) in [5.74, 6) is 1.17. The number of hydrogen-bond donors (Lipinski definition) is 2. The van der Waals surface area contributed by atoms with Crippen molar-refractivity contribution in [2.75, 3.05) is 13.7 Å². The first-order valence-electron chi connectivity index (χ1n) is 8.86. The summed E-state index contributed by atoms with van der Waals surface area (Å²) in [6.07, 6.45) is 5.02. The molecule has 1 atom stereocenters. The van der Waals surface area contributed by atoms with Gasteiger partial charge in [-0.05, 0) is 43.2 Å². The van der Waals surface area contributed by atoms with Gasteiger partial charge in [0, 0.05) is 6.20 Å². The molecule has 0 aliphatic rings. The molecule has 0 saturated heterocycles. The fraction of sp³-hybridized carbons (Fsp3) is 0.400. The Labute approximate surface area is 159 Å². The molecule has 0 spiro atoms. The Morgan fingerprint density at radius 1 is 1.27 bits per heavy atom. The number of H-pyrrole nitrogens is 1. The topological polar surface area (TPSA) is 63.3 Å². The minimum Gasteiger partial charge on any atom is -0.493 e. The number of hydrogen-bond acceptors (Lipinski definition) is 4. The van der Waals surface area contributed by atoms with Gasteiger partial charge in [-0.15, -0.1) is 0 Å². The van der Waals surface area contributed by atoms with Crippen LogP contribution in [0.3, 0.4) is 0 Å². The highest BCUT2D eigenvalue weighted by molar-refractivity contribution is 7.71. The number of methoxy groups -OCH3 is 1. The molecule has 2 aromatic rings. The van der Waals surface area contributed by atoms with Crippen molar-refractivity contribution in [3.63, 3.8) is 0 Å². The molecule has 6 heteroatoms. The summed E-state index contributed by atoms with van der Waals surface area (Å²) in [5, 5.41) is 2.96. The molecule has 0 aliphatic carbocycles. The van der Waals surface area contributed by atoms with Crippen LogP contribution in [0.1, 0.15) is 55.1 Å². The zero-order chi connectivity index (χ0) is 18.9. The van der Waals surface area contributed by atoms with Crippen LogP contribution in [0.25, 0.3) is 0 Å². The number of carbonyl (C=O) groups excluding carboxylic acids is 1. The van der Waals surface area contributed by atoms with Crippen molar-refractivity contribution in [1.29, 1.82) is 0 Å². The van der Waals surface area contributed by atoms with E-state index >= 15 is 0 Å². The van der Waals surface area contributed by atoms with Crippen LogP contribution in [0.4, 0.5) is 0 Å². The van der Waals surface area contributed by atoms with E-state index in [1.54, 1.807) is 25.4 Å². The summed E-state index contributed by atoms with van der Waals surface area (Å²) in [5.41, 5.74) is 1.39. The van der Waals surface area contributed by atoms with Crippen molar-refractivity contribution in [2.24, 2.45) is 0 Å². The number of aromatic amines is 1. The van der Waals surface area contributed by atoms with Crippen molar-refractivity contribution >= 4 is 18.1 Å². The fourth-order valence-electron chi connectivity index (χ4n) is 2.57. The lowest BCUT2D eigenvalue weighted by Gasteiger charge is -2.17. The van der Waals surface area contributed by atoms with Crippen molar-refractivity contribution in [2.45, 2.75) is 39.2 Å². The van der Waals surface area contributed by atoms with Gasteiger partial charge in [-0.3, -0.25) is 4.79 Å². The van der Waals surface area contributed by atoms with Crippen molar-refractivity contribution in [3.05, 3.63) is 52.3 Å². The number of nitrogens with one attached hydrogen (secondary N) is 2. The van der Waals surface area contributed by atoms with Gasteiger partial charge in [0.05, 0.1) is 25.3 Å². The van der Waals surface area contributed by atoms with Crippen LogP contribution in [-0.4, -0.2) is 24.6 Å². The van der Waals surface area contributed by atoms with Crippen LogP contribution in [0.5, 0.6) is 11.5 Å². The van der Waals surface area contributed by atoms with Crippen LogP contribution in [0.2, 0.25) is 0 Å². The Hall–Kier alpha value is -2.34. The summed E-state index contributed by atoms with van der Waals surface area (Å²) in [7, 11) is 1.62. The maximum absolute atomic E-state index is 12.4. The van der Waals surface area contributed by atoms with Gasteiger partial charge in [0.15, 0.2) is 11.5 Å². The first-order chi connectivity index (χ1) is 12.6. The third kappa shape index (κ3) is 5.33. The highest BCUT2D eigenvalue weighted by Crippen LogP contribution is 2.30. The monoisotopic (exact) mass is 374 g/mol. The van der Waals surface area contributed by atoms with Crippen molar-refractivity contribution in [3.8, 4) is 11.5 Å². The summed E-state index contributed by atoms with van der Waals surface area (Å²) < 4.78 is 11.7. The van der Waals surface area contributed by atoms with E-state index in [-0.39, 0.29) is 11.9 Å². The number of benzene rings is 1. The van der Waals surface area contributed by atoms with E-state index in [0.29, 0.717) is 22.6 Å². The molecule has 1 aromatic carbocycles. The lowest BCUT2D eigenvalue weighted by Crippen LogP contribution is -2.27. The Morgan fingerprint density at radius 3 is 2.77 bits per heavy atom. The second-order valence-corrected chi connectivity index (χ2v) is 6.48. The van der Waals surface area contributed by atoms with Crippen LogP contribution in [0.15, 0.2) is 36.5 Å². The first kappa shape index (κ1) is 20.0. The molecule has 0 aliphatic heterocycles. The van der Waals surface area contributed by atoms with E-state index in [0.717, 1.165) is 30.6 Å². The smallest absolute Gasteiger partial charge is 0.254 e. The number of pyridine rings is 1. The predicted molar refractivity (Wildman–Crippen MR) is 106 cm³/mol. The van der Waals surface area contributed by atoms with Gasteiger partial charge in [-0.1, -0.05) is 38.0 Å². The molecule has 5 nitrogen and oxygen atoms in total. The number of ether oxygens (including phenoxy) is 2. The molecule has 1 heterocycles. The fourth-order valence-corrected chi connectivity index (χ4v) is 2.79. The van der Waals surface area contributed by atoms with Gasteiger partial charge in [-0.2, -0.15) is 0 Å². The second kappa shape index (κ2) is 9.97. The summed E-state index contributed by atoms with van der Waals surface area (Å²) >= 11 is 5.16. The van der Waals surface area contributed by atoms with Crippen molar-refractivity contribution in [1.82, 2.24) is 10.3 Å². The van der Waals surface area contributed by atoms with Gasteiger partial charge in [-0.25, -0.2) is 0 Å². The standard InChI is InChI=1S/C20H26N2O3S/c1-4-5-6-12-25-17-10-9-15(13-18(17)24-3)14(2)22-19(23)16-8-7-11-21-20(16)26/h7-11,13-14H,4-6,12H2,1-3H3,(H,21,26)(H,22,23). The zero-order valence-electron chi connectivity index (χ0n) is 15.5. The predicted octanol–water partition coefficient (Wildman–Crippen LogP) is 4.81. The number of aromatic nitrogens is 1. The van der Waals surface area contributed by atoms with E-state index in [4.69, 9.17) is 21.7 Å². The summed E-state index contributed by atoms with van der Waals surface area (Å²) in [4.78, 5) is 15.3. The third-order valence-corrected chi connectivity index (χ3v) is 4.44. The average Bonchev–Trinajstić information content (AvgIpc) is 2.65. The first-order valence-corrected chi connectivity index (χ1v) is 9.27. The molecule has 1 unspecified atom stereocenters. The molecule has 1 amide bonds. The SMILES string of the molecule is CCCCCOc1ccc(C(C)NC(=O)c2ccc[nH]c2=S)cc1OC. The lowest BCUT2D eigenvalue weighted by atomic mass is 10.1. The molecule has 0 radical (unpaired) electrons. The lowest BCUT2D eigenvalue weighted by molar-refractivity contribution is 0.0939. The van der Waals surface area contributed by atoms with Gasteiger partial charge in [0.25, 0.3) is 5.91 Å². The van der Waals surface area contributed by atoms with E-state index in [9.17, 15) is 4.79 Å². The van der Waals surface area contributed by atoms with E-state index in [1.807, 2.05) is 25.1 Å². The average molecular weight is 375 g/mol. The highest BCUT2D eigenvalue weighted by Gasteiger charge is 2.15. The Kier molecular flexibility index (Phi) is 7.66. The van der Waals surface area contributed by atoms with Gasteiger partial charge in [0.1, 0.15) is 4.64 Å². The molecule has 26 heavy (non-hydrogen) atoms. The Balaban J connectivity index is 2.06. The molecule has 0 saturated carbocycles. The Bertz CT molecular complexity index is 789. The molecule has 0 fully saturated rings. The van der Waals surface area contributed by atoms with Crippen LogP contribution >= 0.6 is 12.2 Å². The van der Waals surface area contributed by atoms with Gasteiger partial charge < -0.3 is 19.8 Å². The maximum atomic E-state index is 12.4. The van der Waals surface area contributed by atoms with Gasteiger partial charge >= 0.3 is 0 Å². The molecule has 2 N–H and O–H groups in total. The van der Waals surface area contributed by atoms with E-state index < -0.39 is 0 Å². The number of unbranched alkanes of at least 4 members (excludes halogenated alkanes) is 2. The van der Waals surface area contributed by atoms with Crippen LogP contribution in [-0.2, 0) is 0 Å². The van der Waals surface area contributed by atoms with E-state index in [1.165, 1.54) is 0 Å². The maximum Gasteiger partial charge on any atom is 0.254 e. The summed E-state index contributed by atoms with van der Waals surface area (Å²) in [6, 6.07) is 8.98. The molecular weight excluding hydrogens is 348 g/mol. The highest BCUT2D eigenvalue weighted by atomic mass is 32.1. The number of carbonyl (C=O) groups is 1. The molecule has 2 rings (SSSR count). The van der Waals surface area contributed by atoms with Crippen molar-refractivity contribution < 1.29 is 14.3 Å². The normalized spacial score (nSPS) is 11.7. The van der Waals surface area contributed by atoms with Crippen LogP contribution < -0.4 is 14.8 Å². The third-order valence-electron chi connectivity index (χ3n) is 4.10. The minimum absolute atomic E-state index is 0.194. The molecule has 140 valence electrons. The molecular formula is C20H26N2O3S. The van der Waals surface area contributed by atoms with Gasteiger partial charge in [0.2, 0.25) is 0 Å². The molecule has 1 aromatic heterocycles. The number of rotatable bonds is 9. The summed E-state index contributed by atoms with van der Waals surface area (Å²) in [6.45, 7) is 4.75. The second-order valence-electron chi connectivity index (χ2n) is 6.07. The quantitative estimate of drug-likeness (QED) is 0.488. The minimum atomic E-state index is -0.210. The Morgan fingerprint density at radius 2 is 2.08 bits per heavy atom. The van der Waals surface area contributed by atoms with Crippen LogP contribution in [0, 0.1) is 4.64 Å². The number of amides is 1. The zero-order valence-corrected chi connectivity index (χ0v) is 16.3. The van der Waals surface area contributed by atoms with E-state index in [2.05, 4.69) is 17.2 Å².